The number of rotatable bonds is 3. The van der Waals surface area contributed by atoms with Crippen LogP contribution in [0.25, 0.3) is 5.69 Å². The molecule has 2 aromatic rings. The Bertz CT molecular complexity index is 772. The summed E-state index contributed by atoms with van der Waals surface area (Å²) in [5, 5.41) is 3.04. The van der Waals surface area contributed by atoms with Crippen LogP contribution < -0.4 is 0 Å². The molecule has 0 atom stereocenters. The van der Waals surface area contributed by atoms with Crippen molar-refractivity contribution in [2.24, 2.45) is 0 Å². The Kier molecular flexibility index (Phi) is 4.54. The SMILES string of the molecule is CCOC(=O)c1cnn(-c2c(F)c(F)cc(F)c2F)c1C(F)(F)F. The molecule has 0 bridgehead atoms. The van der Waals surface area contributed by atoms with Gasteiger partial charge in [0, 0.05) is 6.07 Å². The highest BCUT2D eigenvalue weighted by atomic mass is 19.4. The van der Waals surface area contributed by atoms with Gasteiger partial charge in [0.25, 0.3) is 0 Å². The number of benzene rings is 1. The summed E-state index contributed by atoms with van der Waals surface area (Å²) in [7, 11) is 0. The van der Waals surface area contributed by atoms with Crippen LogP contribution in [0.15, 0.2) is 12.3 Å². The number of hydrogen-bond donors (Lipinski definition) is 0. The lowest BCUT2D eigenvalue weighted by molar-refractivity contribution is -0.143. The van der Waals surface area contributed by atoms with Gasteiger partial charge < -0.3 is 4.74 Å². The van der Waals surface area contributed by atoms with Crippen molar-refractivity contribution in [1.82, 2.24) is 9.78 Å². The molecule has 0 fully saturated rings. The first kappa shape index (κ1) is 17.8. The Morgan fingerprint density at radius 1 is 1.17 bits per heavy atom. The summed E-state index contributed by atoms with van der Waals surface area (Å²) in [6, 6.07) is -0.169. The van der Waals surface area contributed by atoms with Crippen molar-refractivity contribution in [3.8, 4) is 5.69 Å². The van der Waals surface area contributed by atoms with E-state index in [1.807, 2.05) is 0 Å². The second kappa shape index (κ2) is 6.13. The summed E-state index contributed by atoms with van der Waals surface area (Å²) < 4.78 is 97.4. The van der Waals surface area contributed by atoms with Crippen LogP contribution in [0.3, 0.4) is 0 Å². The van der Waals surface area contributed by atoms with Crippen LogP contribution in [0.5, 0.6) is 0 Å². The van der Waals surface area contributed by atoms with Crippen molar-refractivity contribution in [3.05, 3.63) is 46.8 Å². The van der Waals surface area contributed by atoms with Crippen LogP contribution in [0, 0.1) is 23.3 Å². The normalized spacial score (nSPS) is 11.7. The standard InChI is InChI=1S/C13H7F7N2O2/c1-2-24-12(23)5-4-21-22(11(5)13(18,19)20)10-8(16)6(14)3-7(15)9(10)17/h3-4H,2H2,1H3. The fourth-order valence-corrected chi connectivity index (χ4v) is 1.90. The molecule has 0 aliphatic rings. The number of alkyl halides is 3. The number of carbonyl (C=O) groups excluding carboxylic acids is 1. The first-order valence-electron chi connectivity index (χ1n) is 6.25. The van der Waals surface area contributed by atoms with E-state index in [2.05, 4.69) is 9.84 Å². The van der Waals surface area contributed by atoms with Gasteiger partial charge in [-0.2, -0.15) is 18.3 Å². The maximum Gasteiger partial charge on any atom is 0.434 e. The quantitative estimate of drug-likeness (QED) is 0.479. The number of aromatic nitrogens is 2. The molecule has 0 unspecified atom stereocenters. The molecule has 0 saturated heterocycles. The molecule has 11 heteroatoms. The molecular formula is C13H7F7N2O2. The van der Waals surface area contributed by atoms with Gasteiger partial charge in [-0.25, -0.2) is 27.0 Å². The summed E-state index contributed by atoms with van der Waals surface area (Å²) in [5.74, 6) is -9.51. The zero-order valence-electron chi connectivity index (χ0n) is 11.7. The number of carbonyl (C=O) groups is 1. The van der Waals surface area contributed by atoms with Gasteiger partial charge in [-0.1, -0.05) is 0 Å². The number of hydrogen-bond acceptors (Lipinski definition) is 3. The van der Waals surface area contributed by atoms with E-state index in [0.29, 0.717) is 6.20 Å². The minimum absolute atomic E-state index is 0.169. The lowest BCUT2D eigenvalue weighted by atomic mass is 10.2. The molecule has 0 radical (unpaired) electrons. The van der Waals surface area contributed by atoms with E-state index in [1.165, 1.54) is 6.92 Å². The van der Waals surface area contributed by atoms with Gasteiger partial charge in [-0.05, 0) is 6.92 Å². The van der Waals surface area contributed by atoms with E-state index >= 15 is 0 Å². The Hall–Kier alpha value is -2.59. The van der Waals surface area contributed by atoms with E-state index in [0.717, 1.165) is 0 Å². The topological polar surface area (TPSA) is 44.1 Å². The molecule has 130 valence electrons. The predicted octanol–water partition coefficient (Wildman–Crippen LogP) is 3.62. The van der Waals surface area contributed by atoms with Crippen LogP contribution in [0.2, 0.25) is 0 Å². The van der Waals surface area contributed by atoms with Crippen LogP contribution in [0.1, 0.15) is 23.0 Å². The molecule has 0 N–H and O–H groups in total. The highest BCUT2D eigenvalue weighted by molar-refractivity contribution is 5.90. The molecule has 4 nitrogen and oxygen atoms in total. The molecule has 1 aromatic heterocycles. The average molecular weight is 356 g/mol. The number of esters is 1. The minimum atomic E-state index is -5.32. The largest absolute Gasteiger partial charge is 0.462 e. The average Bonchev–Trinajstić information content (AvgIpc) is 2.90. The molecule has 0 saturated carbocycles. The van der Waals surface area contributed by atoms with Gasteiger partial charge in [0.2, 0.25) is 0 Å². The third-order valence-corrected chi connectivity index (χ3v) is 2.83. The molecule has 1 aromatic carbocycles. The number of nitrogens with zero attached hydrogens (tertiary/aromatic N) is 2. The summed E-state index contributed by atoms with van der Waals surface area (Å²) in [6.07, 6.45) is -4.98. The number of ether oxygens (including phenoxy) is 1. The molecule has 1 heterocycles. The Balaban J connectivity index is 2.81. The van der Waals surface area contributed by atoms with E-state index in [1.54, 1.807) is 0 Å². The smallest absolute Gasteiger partial charge is 0.434 e. The van der Waals surface area contributed by atoms with Gasteiger partial charge in [0.1, 0.15) is 11.3 Å². The molecular weight excluding hydrogens is 349 g/mol. The minimum Gasteiger partial charge on any atom is -0.462 e. The Morgan fingerprint density at radius 2 is 1.71 bits per heavy atom. The molecule has 0 spiro atoms. The summed E-state index contributed by atoms with van der Waals surface area (Å²) in [6.45, 7) is 1.04. The molecule has 0 amide bonds. The molecule has 0 aliphatic carbocycles. The van der Waals surface area contributed by atoms with E-state index < -0.39 is 57.0 Å². The monoisotopic (exact) mass is 356 g/mol. The first-order chi connectivity index (χ1) is 11.1. The number of halogens is 7. The van der Waals surface area contributed by atoms with Crippen molar-refractivity contribution in [1.29, 1.82) is 0 Å². The predicted molar refractivity (Wildman–Crippen MR) is 64.4 cm³/mol. The van der Waals surface area contributed by atoms with Crippen LogP contribution in [0.4, 0.5) is 30.7 Å². The highest BCUT2D eigenvalue weighted by Gasteiger charge is 2.42. The fourth-order valence-electron chi connectivity index (χ4n) is 1.90. The first-order valence-corrected chi connectivity index (χ1v) is 6.25. The van der Waals surface area contributed by atoms with Crippen molar-refractivity contribution < 1.29 is 40.3 Å². The van der Waals surface area contributed by atoms with Crippen LogP contribution in [-0.4, -0.2) is 22.4 Å². The summed E-state index contributed by atoms with van der Waals surface area (Å²) in [4.78, 5) is 11.5. The zero-order chi connectivity index (χ0) is 18.2. The lowest BCUT2D eigenvalue weighted by Gasteiger charge is -2.14. The summed E-state index contributed by atoms with van der Waals surface area (Å²) >= 11 is 0. The van der Waals surface area contributed by atoms with Crippen LogP contribution >= 0.6 is 0 Å². The van der Waals surface area contributed by atoms with Crippen LogP contribution in [-0.2, 0) is 10.9 Å². The zero-order valence-corrected chi connectivity index (χ0v) is 11.7. The van der Waals surface area contributed by atoms with Gasteiger partial charge in [-0.3, -0.25) is 0 Å². The molecule has 0 aliphatic heterocycles. The second-order valence-electron chi connectivity index (χ2n) is 4.35. The highest BCUT2D eigenvalue weighted by Crippen LogP contribution is 2.35. The van der Waals surface area contributed by atoms with Crippen molar-refractivity contribution in [3.63, 3.8) is 0 Å². The Morgan fingerprint density at radius 3 is 2.17 bits per heavy atom. The molecule has 2 rings (SSSR count). The fraction of sp³-hybridized carbons (Fsp3) is 0.231. The van der Waals surface area contributed by atoms with Crippen molar-refractivity contribution >= 4 is 5.97 Å². The van der Waals surface area contributed by atoms with Crippen molar-refractivity contribution in [2.45, 2.75) is 13.1 Å². The Labute approximate surface area is 129 Å². The van der Waals surface area contributed by atoms with Gasteiger partial charge in [0.15, 0.2) is 29.0 Å². The van der Waals surface area contributed by atoms with Gasteiger partial charge >= 0.3 is 12.1 Å². The summed E-state index contributed by atoms with van der Waals surface area (Å²) in [5.41, 5.74) is -4.83. The molecule has 24 heavy (non-hydrogen) atoms. The second-order valence-corrected chi connectivity index (χ2v) is 4.35. The van der Waals surface area contributed by atoms with Crippen molar-refractivity contribution in [2.75, 3.05) is 6.61 Å². The third-order valence-electron chi connectivity index (χ3n) is 2.83. The van der Waals surface area contributed by atoms with Gasteiger partial charge in [-0.15, -0.1) is 0 Å². The maximum absolute atomic E-state index is 13.7. The van der Waals surface area contributed by atoms with Gasteiger partial charge in [0.05, 0.1) is 12.8 Å². The van der Waals surface area contributed by atoms with E-state index in [9.17, 15) is 35.5 Å². The lowest BCUT2D eigenvalue weighted by Crippen LogP contribution is -2.20. The maximum atomic E-state index is 13.7. The van der Waals surface area contributed by atoms with E-state index in [4.69, 9.17) is 0 Å². The third kappa shape index (κ3) is 2.93. The van der Waals surface area contributed by atoms with E-state index in [-0.39, 0.29) is 12.7 Å².